The lowest BCUT2D eigenvalue weighted by Gasteiger charge is -2.25. The maximum absolute atomic E-state index is 12.0. The van der Waals surface area contributed by atoms with Gasteiger partial charge >= 0.3 is 5.97 Å². The zero-order valence-electron chi connectivity index (χ0n) is 12.7. The largest absolute Gasteiger partial charge is 0.481 e. The van der Waals surface area contributed by atoms with Crippen LogP contribution >= 0.6 is 0 Å². The Morgan fingerprint density at radius 3 is 2.38 bits per heavy atom. The SMILES string of the molecule is O=C(O)C1CCC(C(=O)NCCCC2CCCCO2)CC1. The molecule has 1 aliphatic heterocycles. The Morgan fingerprint density at radius 1 is 1.05 bits per heavy atom. The number of hydrogen-bond acceptors (Lipinski definition) is 3. The predicted molar refractivity (Wildman–Crippen MR) is 78.9 cm³/mol. The van der Waals surface area contributed by atoms with Crippen LogP contribution in [0.3, 0.4) is 0 Å². The average Bonchev–Trinajstić information content (AvgIpc) is 2.52. The molecule has 0 spiro atoms. The van der Waals surface area contributed by atoms with Crippen molar-refractivity contribution < 1.29 is 19.4 Å². The van der Waals surface area contributed by atoms with Crippen LogP contribution < -0.4 is 5.32 Å². The van der Waals surface area contributed by atoms with Gasteiger partial charge in [0.05, 0.1) is 12.0 Å². The third-order valence-electron chi connectivity index (χ3n) is 4.72. The van der Waals surface area contributed by atoms with Gasteiger partial charge in [-0.1, -0.05) is 0 Å². The quantitative estimate of drug-likeness (QED) is 0.738. The van der Waals surface area contributed by atoms with E-state index in [0.717, 1.165) is 25.9 Å². The molecule has 120 valence electrons. The van der Waals surface area contributed by atoms with Gasteiger partial charge in [-0.05, 0) is 57.8 Å². The van der Waals surface area contributed by atoms with Crippen LogP contribution in [0, 0.1) is 11.8 Å². The molecule has 1 heterocycles. The minimum absolute atomic E-state index is 0.00605. The number of carbonyl (C=O) groups is 2. The standard InChI is InChI=1S/C16H27NO4/c18-15(12-6-8-13(9-7-12)16(19)20)17-10-3-5-14-4-1-2-11-21-14/h12-14H,1-11H2,(H,17,18)(H,19,20). The molecule has 0 aromatic rings. The van der Waals surface area contributed by atoms with E-state index in [9.17, 15) is 9.59 Å². The molecular weight excluding hydrogens is 270 g/mol. The van der Waals surface area contributed by atoms with E-state index in [1.807, 2.05) is 0 Å². The number of amides is 1. The van der Waals surface area contributed by atoms with Gasteiger partial charge in [-0.15, -0.1) is 0 Å². The number of carboxylic acids is 1. The van der Waals surface area contributed by atoms with E-state index in [1.54, 1.807) is 0 Å². The molecule has 2 N–H and O–H groups in total. The zero-order valence-corrected chi connectivity index (χ0v) is 12.7. The topological polar surface area (TPSA) is 75.6 Å². The number of carboxylic acid groups (broad SMARTS) is 1. The number of rotatable bonds is 6. The molecule has 0 bridgehead atoms. The fourth-order valence-electron chi connectivity index (χ4n) is 3.32. The molecule has 2 fully saturated rings. The van der Waals surface area contributed by atoms with Crippen LogP contribution in [0.1, 0.15) is 57.8 Å². The van der Waals surface area contributed by atoms with Crippen LogP contribution in [0.25, 0.3) is 0 Å². The van der Waals surface area contributed by atoms with Gasteiger partial charge in [0.2, 0.25) is 5.91 Å². The molecule has 21 heavy (non-hydrogen) atoms. The molecule has 1 saturated heterocycles. The van der Waals surface area contributed by atoms with Gasteiger partial charge in [-0.3, -0.25) is 9.59 Å². The Labute approximate surface area is 126 Å². The summed E-state index contributed by atoms with van der Waals surface area (Å²) in [4.78, 5) is 22.9. The third-order valence-corrected chi connectivity index (χ3v) is 4.72. The number of nitrogens with one attached hydrogen (secondary N) is 1. The molecule has 5 nitrogen and oxygen atoms in total. The second-order valence-electron chi connectivity index (χ2n) is 6.31. The van der Waals surface area contributed by atoms with Crippen LogP contribution in [-0.4, -0.2) is 36.2 Å². The van der Waals surface area contributed by atoms with Gasteiger partial charge < -0.3 is 15.2 Å². The Hall–Kier alpha value is -1.10. The Balaban J connectivity index is 1.56. The highest BCUT2D eigenvalue weighted by Gasteiger charge is 2.29. The van der Waals surface area contributed by atoms with E-state index in [4.69, 9.17) is 9.84 Å². The lowest BCUT2D eigenvalue weighted by Crippen LogP contribution is -2.35. The lowest BCUT2D eigenvalue weighted by atomic mass is 9.81. The Bertz CT molecular complexity index is 344. The van der Waals surface area contributed by atoms with E-state index in [2.05, 4.69) is 5.32 Å². The van der Waals surface area contributed by atoms with E-state index < -0.39 is 5.97 Å². The Morgan fingerprint density at radius 2 is 1.76 bits per heavy atom. The maximum Gasteiger partial charge on any atom is 0.306 e. The van der Waals surface area contributed by atoms with Gasteiger partial charge in [0, 0.05) is 19.1 Å². The highest BCUT2D eigenvalue weighted by atomic mass is 16.5. The van der Waals surface area contributed by atoms with Crippen LogP contribution in [0.2, 0.25) is 0 Å². The summed E-state index contributed by atoms with van der Waals surface area (Å²) in [6, 6.07) is 0. The lowest BCUT2D eigenvalue weighted by molar-refractivity contribution is -0.144. The van der Waals surface area contributed by atoms with Gasteiger partial charge in [0.1, 0.15) is 0 Å². The molecule has 5 heteroatoms. The summed E-state index contributed by atoms with van der Waals surface area (Å²) in [5, 5.41) is 11.9. The zero-order chi connectivity index (χ0) is 15.1. The number of carbonyl (C=O) groups excluding carboxylic acids is 1. The van der Waals surface area contributed by atoms with Gasteiger partial charge in [-0.25, -0.2) is 0 Å². The first kappa shape index (κ1) is 16.3. The number of ether oxygens (including phenoxy) is 1. The molecule has 1 saturated carbocycles. The van der Waals surface area contributed by atoms with E-state index in [0.29, 0.717) is 38.3 Å². The normalized spacial score (nSPS) is 29.8. The fourth-order valence-corrected chi connectivity index (χ4v) is 3.32. The monoisotopic (exact) mass is 297 g/mol. The number of aliphatic carboxylic acids is 1. The fraction of sp³-hybridized carbons (Fsp3) is 0.875. The first-order valence-electron chi connectivity index (χ1n) is 8.29. The Kier molecular flexibility index (Phi) is 6.49. The van der Waals surface area contributed by atoms with Crippen molar-refractivity contribution in [3.05, 3.63) is 0 Å². The van der Waals surface area contributed by atoms with Crippen LogP contribution in [0.15, 0.2) is 0 Å². The van der Waals surface area contributed by atoms with Crippen molar-refractivity contribution in [1.82, 2.24) is 5.32 Å². The first-order chi connectivity index (χ1) is 10.2. The van der Waals surface area contributed by atoms with Crippen molar-refractivity contribution in [3.63, 3.8) is 0 Å². The summed E-state index contributed by atoms with van der Waals surface area (Å²) in [5.74, 6) is -0.867. The number of hydrogen-bond donors (Lipinski definition) is 2. The minimum Gasteiger partial charge on any atom is -0.481 e. The summed E-state index contributed by atoms with van der Waals surface area (Å²) >= 11 is 0. The summed E-state index contributed by atoms with van der Waals surface area (Å²) in [6.45, 7) is 1.58. The van der Waals surface area contributed by atoms with Crippen molar-refractivity contribution in [2.24, 2.45) is 11.8 Å². The molecule has 1 atom stereocenters. The molecular formula is C16H27NO4. The molecule has 0 aromatic carbocycles. The van der Waals surface area contributed by atoms with Crippen molar-refractivity contribution in [2.75, 3.05) is 13.2 Å². The molecule has 0 aromatic heterocycles. The van der Waals surface area contributed by atoms with Gasteiger partial charge in [-0.2, -0.15) is 0 Å². The van der Waals surface area contributed by atoms with Crippen LogP contribution in [0.5, 0.6) is 0 Å². The summed E-state index contributed by atoms with van der Waals surface area (Å²) in [6.07, 6.45) is 8.59. The van der Waals surface area contributed by atoms with Crippen molar-refractivity contribution >= 4 is 11.9 Å². The van der Waals surface area contributed by atoms with Gasteiger partial charge in [0.25, 0.3) is 0 Å². The van der Waals surface area contributed by atoms with Crippen molar-refractivity contribution in [1.29, 1.82) is 0 Å². The third kappa shape index (κ3) is 5.30. The van der Waals surface area contributed by atoms with Crippen LogP contribution in [0.4, 0.5) is 0 Å². The summed E-state index contributed by atoms with van der Waals surface area (Å²) in [5.41, 5.74) is 0. The predicted octanol–water partition coefficient (Wildman–Crippen LogP) is 2.34. The van der Waals surface area contributed by atoms with Gasteiger partial charge in [0.15, 0.2) is 0 Å². The second kappa shape index (κ2) is 8.37. The maximum atomic E-state index is 12.0. The van der Waals surface area contributed by atoms with E-state index in [-0.39, 0.29) is 17.7 Å². The summed E-state index contributed by atoms with van der Waals surface area (Å²) < 4.78 is 5.67. The minimum atomic E-state index is -0.721. The first-order valence-corrected chi connectivity index (χ1v) is 8.29. The summed E-state index contributed by atoms with van der Waals surface area (Å²) in [7, 11) is 0. The molecule has 1 aliphatic carbocycles. The second-order valence-corrected chi connectivity index (χ2v) is 6.31. The molecule has 1 amide bonds. The molecule has 1 unspecified atom stereocenters. The smallest absolute Gasteiger partial charge is 0.306 e. The van der Waals surface area contributed by atoms with Crippen LogP contribution in [-0.2, 0) is 14.3 Å². The molecule has 2 rings (SSSR count). The van der Waals surface area contributed by atoms with E-state index >= 15 is 0 Å². The van der Waals surface area contributed by atoms with Crippen molar-refractivity contribution in [3.8, 4) is 0 Å². The average molecular weight is 297 g/mol. The molecule has 2 aliphatic rings. The highest BCUT2D eigenvalue weighted by molar-refractivity contribution is 5.79. The van der Waals surface area contributed by atoms with Crippen molar-refractivity contribution in [2.45, 2.75) is 63.9 Å². The highest BCUT2D eigenvalue weighted by Crippen LogP contribution is 2.29. The molecule has 0 radical (unpaired) electrons. The van der Waals surface area contributed by atoms with E-state index in [1.165, 1.54) is 12.8 Å².